The molecule has 2 aliphatic rings. The Hall–Kier alpha value is -1.41. The van der Waals surface area contributed by atoms with Crippen LogP contribution in [-0.4, -0.2) is 17.6 Å². The molecule has 0 bridgehead atoms. The fraction of sp³-hybridized carbons (Fsp3) is 0.429. The second kappa shape index (κ2) is 5.90. The lowest BCUT2D eigenvalue weighted by molar-refractivity contribution is 0.305. The summed E-state index contributed by atoms with van der Waals surface area (Å²) in [5.74, 6) is -1.94. The minimum Gasteiger partial charge on any atom is -0.369 e. The van der Waals surface area contributed by atoms with E-state index in [1.54, 1.807) is 4.90 Å². The van der Waals surface area contributed by atoms with Gasteiger partial charge in [-0.25, -0.2) is 13.8 Å². The van der Waals surface area contributed by atoms with Crippen LogP contribution in [-0.2, 0) is 0 Å². The molecule has 0 unspecified atom stereocenters. The smallest absolute Gasteiger partial charge is 0.220 e. The third kappa shape index (κ3) is 2.67. The van der Waals surface area contributed by atoms with Gasteiger partial charge in [0.1, 0.15) is 5.66 Å². The van der Waals surface area contributed by atoms with Crippen LogP contribution in [0.15, 0.2) is 20.5 Å². The number of rotatable bonds is 1. The van der Waals surface area contributed by atoms with Gasteiger partial charge in [0.15, 0.2) is 11.6 Å². The highest BCUT2D eigenvalue weighted by atomic mass is 79.9. The molecule has 1 aliphatic carbocycles. The van der Waals surface area contributed by atoms with Crippen LogP contribution in [0.1, 0.15) is 32.1 Å². The van der Waals surface area contributed by atoms with Crippen LogP contribution < -0.4 is 16.4 Å². The first-order valence-corrected chi connectivity index (χ1v) is 8.35. The van der Waals surface area contributed by atoms with E-state index in [1.165, 1.54) is 0 Å². The zero-order valence-corrected chi connectivity index (χ0v) is 14.5. The van der Waals surface area contributed by atoms with Crippen molar-refractivity contribution in [1.29, 1.82) is 0 Å². The molecule has 3 rings (SSSR count). The van der Waals surface area contributed by atoms with Crippen molar-refractivity contribution < 1.29 is 8.78 Å². The molecule has 0 amide bonds. The fourth-order valence-corrected chi connectivity index (χ4v) is 4.18. The predicted octanol–water partition coefficient (Wildman–Crippen LogP) is 3.49. The number of aliphatic imine (C=N–C) groups is 2. The largest absolute Gasteiger partial charge is 0.369 e. The molecule has 1 aromatic rings. The number of hydrogen-bond donors (Lipinski definition) is 2. The summed E-state index contributed by atoms with van der Waals surface area (Å²) in [6, 6.07) is 0.919. The molecule has 23 heavy (non-hydrogen) atoms. The molecular weight excluding hydrogens is 392 g/mol. The minimum absolute atomic E-state index is 0.0227. The molecule has 1 saturated carbocycles. The van der Waals surface area contributed by atoms with Gasteiger partial charge in [-0.2, -0.15) is 4.99 Å². The van der Waals surface area contributed by atoms with E-state index < -0.39 is 17.3 Å². The summed E-state index contributed by atoms with van der Waals surface area (Å²) in [6.45, 7) is 0. The van der Waals surface area contributed by atoms with Gasteiger partial charge in [0, 0.05) is 0 Å². The van der Waals surface area contributed by atoms with Crippen LogP contribution in [0.4, 0.5) is 14.5 Å². The van der Waals surface area contributed by atoms with Crippen LogP contribution in [0.3, 0.4) is 0 Å². The third-order valence-electron chi connectivity index (χ3n) is 4.16. The number of nitrogens with zero attached hydrogens (tertiary/aromatic N) is 3. The molecule has 1 aliphatic heterocycles. The summed E-state index contributed by atoms with van der Waals surface area (Å²) in [5.41, 5.74) is 11.3. The van der Waals surface area contributed by atoms with E-state index in [-0.39, 0.29) is 27.1 Å². The highest BCUT2D eigenvalue weighted by Crippen LogP contribution is 2.45. The highest BCUT2D eigenvalue weighted by Gasteiger charge is 2.44. The van der Waals surface area contributed by atoms with E-state index in [0.29, 0.717) is 12.8 Å². The Morgan fingerprint density at radius 2 is 1.87 bits per heavy atom. The van der Waals surface area contributed by atoms with Crippen molar-refractivity contribution in [3.63, 3.8) is 0 Å². The van der Waals surface area contributed by atoms with Crippen molar-refractivity contribution in [2.75, 3.05) is 4.90 Å². The Morgan fingerprint density at radius 3 is 2.52 bits per heavy atom. The van der Waals surface area contributed by atoms with Crippen molar-refractivity contribution in [2.45, 2.75) is 37.8 Å². The fourth-order valence-electron chi connectivity index (χ4n) is 3.21. The van der Waals surface area contributed by atoms with E-state index in [9.17, 15) is 8.78 Å². The number of hydrogen-bond acceptors (Lipinski definition) is 5. The number of halogens is 4. The van der Waals surface area contributed by atoms with Gasteiger partial charge in [-0.05, 0) is 47.7 Å². The maximum absolute atomic E-state index is 14.0. The molecule has 0 saturated heterocycles. The average Bonchev–Trinajstić information content (AvgIpc) is 2.48. The zero-order chi connectivity index (χ0) is 16.8. The topological polar surface area (TPSA) is 80.0 Å². The summed E-state index contributed by atoms with van der Waals surface area (Å²) < 4.78 is 27.5. The Labute approximate surface area is 145 Å². The van der Waals surface area contributed by atoms with E-state index in [0.717, 1.165) is 25.3 Å². The second-order valence-electron chi connectivity index (χ2n) is 5.64. The highest BCUT2D eigenvalue weighted by molar-refractivity contribution is 9.10. The zero-order valence-electron chi connectivity index (χ0n) is 12.1. The quantitative estimate of drug-likeness (QED) is 0.553. The first-order valence-electron chi connectivity index (χ1n) is 7.18. The molecule has 0 radical (unpaired) electrons. The van der Waals surface area contributed by atoms with E-state index in [4.69, 9.17) is 23.1 Å². The summed E-state index contributed by atoms with van der Waals surface area (Å²) >= 11 is 9.25. The predicted molar refractivity (Wildman–Crippen MR) is 90.6 cm³/mol. The van der Waals surface area contributed by atoms with Crippen LogP contribution in [0, 0.1) is 11.6 Å². The van der Waals surface area contributed by atoms with Crippen molar-refractivity contribution in [3.8, 4) is 0 Å². The van der Waals surface area contributed by atoms with Crippen molar-refractivity contribution in [2.24, 2.45) is 21.5 Å². The summed E-state index contributed by atoms with van der Waals surface area (Å²) in [7, 11) is 0. The van der Waals surface area contributed by atoms with E-state index >= 15 is 0 Å². The SMILES string of the molecule is NC1=NC2(CCCCC2)N(c2c(Cl)cc(F)c(F)c2Br)C(N)=N1. The van der Waals surface area contributed by atoms with Gasteiger partial charge >= 0.3 is 0 Å². The maximum Gasteiger partial charge on any atom is 0.220 e. The van der Waals surface area contributed by atoms with Crippen LogP contribution in [0.25, 0.3) is 0 Å². The van der Waals surface area contributed by atoms with Gasteiger partial charge in [-0.15, -0.1) is 0 Å². The molecule has 9 heteroatoms. The first-order chi connectivity index (χ1) is 10.9. The van der Waals surface area contributed by atoms with Crippen molar-refractivity contribution in [1.82, 2.24) is 0 Å². The number of nitrogens with two attached hydrogens (primary N) is 2. The van der Waals surface area contributed by atoms with Gasteiger partial charge in [0.25, 0.3) is 0 Å². The number of anilines is 1. The molecule has 1 heterocycles. The standard InChI is InChI=1S/C14H15BrClF2N5/c15-9-10(18)8(17)6-7(16)11(9)23-13(20)21-12(19)22-14(23)4-2-1-3-5-14/h6H,1-5H2,(H4,19,20,21,22). The van der Waals surface area contributed by atoms with Crippen LogP contribution in [0.2, 0.25) is 5.02 Å². The molecule has 1 aromatic carbocycles. The lowest BCUT2D eigenvalue weighted by Crippen LogP contribution is -2.58. The summed E-state index contributed by atoms with van der Waals surface area (Å²) in [4.78, 5) is 10.0. The first kappa shape index (κ1) is 16.4. The lowest BCUT2D eigenvalue weighted by Gasteiger charge is -2.46. The van der Waals surface area contributed by atoms with Crippen molar-refractivity contribution in [3.05, 3.63) is 27.2 Å². The molecule has 5 nitrogen and oxygen atoms in total. The average molecular weight is 407 g/mol. The molecule has 0 aromatic heterocycles. The van der Waals surface area contributed by atoms with Gasteiger partial charge in [-0.1, -0.05) is 18.0 Å². The maximum atomic E-state index is 14.0. The second-order valence-corrected chi connectivity index (χ2v) is 6.84. The van der Waals surface area contributed by atoms with Crippen molar-refractivity contribution >= 4 is 45.1 Å². The molecular formula is C14H15BrClF2N5. The Morgan fingerprint density at radius 1 is 1.22 bits per heavy atom. The monoisotopic (exact) mass is 405 g/mol. The Bertz CT molecular complexity index is 716. The van der Waals surface area contributed by atoms with E-state index in [2.05, 4.69) is 25.9 Å². The minimum atomic E-state index is -1.04. The molecule has 4 N–H and O–H groups in total. The Balaban J connectivity index is 2.21. The molecule has 0 atom stereocenters. The molecule has 124 valence electrons. The summed E-state index contributed by atoms with van der Waals surface area (Å²) in [5, 5.41) is 0.0227. The molecule has 1 spiro atoms. The lowest BCUT2D eigenvalue weighted by atomic mass is 9.87. The normalized spacial score (nSPS) is 20.4. The number of benzene rings is 1. The van der Waals surface area contributed by atoms with Gasteiger partial charge in [0.2, 0.25) is 11.9 Å². The third-order valence-corrected chi connectivity index (χ3v) is 5.18. The van der Waals surface area contributed by atoms with Crippen LogP contribution >= 0.6 is 27.5 Å². The Kier molecular flexibility index (Phi) is 4.22. The number of guanidine groups is 2. The molecule has 1 fully saturated rings. The van der Waals surface area contributed by atoms with Gasteiger partial charge in [0.05, 0.1) is 15.2 Å². The van der Waals surface area contributed by atoms with E-state index in [1.807, 2.05) is 0 Å². The van der Waals surface area contributed by atoms with Crippen LogP contribution in [0.5, 0.6) is 0 Å². The summed E-state index contributed by atoms with van der Waals surface area (Å²) in [6.07, 6.45) is 4.24. The van der Waals surface area contributed by atoms with Gasteiger partial charge < -0.3 is 11.5 Å². The van der Waals surface area contributed by atoms with Gasteiger partial charge in [-0.3, -0.25) is 4.90 Å².